The third-order valence-electron chi connectivity index (χ3n) is 2.92. The molecule has 1 aromatic rings. The molecular weight excluding hydrogens is 303 g/mol. The molecule has 4 N–H and O–H groups in total. The van der Waals surface area contributed by atoms with Gasteiger partial charge in [-0.15, -0.1) is 0 Å². The van der Waals surface area contributed by atoms with E-state index in [-0.39, 0.29) is 0 Å². The van der Waals surface area contributed by atoms with Gasteiger partial charge < -0.3 is 20.4 Å². The van der Waals surface area contributed by atoms with Gasteiger partial charge in [-0.25, -0.2) is 17.6 Å². The Balaban J connectivity index is 2.87. The van der Waals surface area contributed by atoms with Gasteiger partial charge in [-0.05, 0) is 12.2 Å². The number of allylic oxidation sites excluding steroid dienone is 1. The molecule has 0 saturated carbocycles. The lowest BCUT2D eigenvalue weighted by Crippen LogP contribution is -2.42. The van der Waals surface area contributed by atoms with Crippen LogP contribution in [0.4, 0.5) is 22.0 Å². The molecule has 0 saturated heterocycles. The fourth-order valence-corrected chi connectivity index (χ4v) is 1.88. The van der Waals surface area contributed by atoms with Gasteiger partial charge in [-0.1, -0.05) is 0 Å². The van der Waals surface area contributed by atoms with Crippen LogP contribution in [-0.4, -0.2) is 32.4 Å². The third-order valence-corrected chi connectivity index (χ3v) is 2.92. The fraction of sp³-hybridized carbons (Fsp3) is 0.167. The standard InChI is InChI=1S/C12H7F5O4/c13-4-2-1-3(18)6(12(4,20)21)5-7(14)8(15)9(16)10(17)11(5)19/h1-2,4,18-21H. The quantitative estimate of drug-likeness (QED) is 0.276. The van der Waals surface area contributed by atoms with Crippen LogP contribution in [0.5, 0.6) is 5.75 Å². The van der Waals surface area contributed by atoms with Gasteiger partial charge >= 0.3 is 0 Å². The van der Waals surface area contributed by atoms with E-state index < -0.39 is 57.9 Å². The van der Waals surface area contributed by atoms with Gasteiger partial charge in [0.1, 0.15) is 5.76 Å². The monoisotopic (exact) mass is 310 g/mol. The topological polar surface area (TPSA) is 80.9 Å². The number of halogens is 5. The molecule has 4 nitrogen and oxygen atoms in total. The van der Waals surface area contributed by atoms with Crippen LogP contribution in [0, 0.1) is 23.3 Å². The Morgan fingerprint density at radius 3 is 2.00 bits per heavy atom. The number of aliphatic hydroxyl groups is 3. The van der Waals surface area contributed by atoms with E-state index >= 15 is 0 Å². The predicted octanol–water partition coefficient (Wildman–Crippen LogP) is 1.81. The summed E-state index contributed by atoms with van der Waals surface area (Å²) in [6.45, 7) is 0. The van der Waals surface area contributed by atoms with Crippen molar-refractivity contribution in [3.8, 4) is 5.75 Å². The molecule has 1 aliphatic rings. The van der Waals surface area contributed by atoms with Crippen molar-refractivity contribution in [3.63, 3.8) is 0 Å². The molecule has 0 aliphatic heterocycles. The molecule has 2 rings (SSSR count). The fourth-order valence-electron chi connectivity index (χ4n) is 1.88. The molecule has 0 radical (unpaired) electrons. The highest BCUT2D eigenvalue weighted by molar-refractivity contribution is 5.80. The molecule has 0 spiro atoms. The maximum atomic E-state index is 13.7. The molecule has 9 heteroatoms. The number of rotatable bonds is 1. The van der Waals surface area contributed by atoms with E-state index in [9.17, 15) is 42.4 Å². The maximum Gasteiger partial charge on any atom is 0.230 e. The van der Waals surface area contributed by atoms with Crippen LogP contribution in [0.25, 0.3) is 5.57 Å². The number of alkyl halides is 1. The summed E-state index contributed by atoms with van der Waals surface area (Å²) < 4.78 is 66.5. The molecule has 114 valence electrons. The normalized spacial score (nSPS) is 21.0. The Kier molecular flexibility index (Phi) is 3.42. The van der Waals surface area contributed by atoms with Gasteiger partial charge in [0.2, 0.25) is 17.4 Å². The van der Waals surface area contributed by atoms with Crippen LogP contribution in [0.15, 0.2) is 17.9 Å². The van der Waals surface area contributed by atoms with Gasteiger partial charge in [-0.3, -0.25) is 0 Å². The highest BCUT2D eigenvalue weighted by Crippen LogP contribution is 2.43. The molecule has 0 bridgehead atoms. The second-order valence-corrected chi connectivity index (χ2v) is 4.23. The van der Waals surface area contributed by atoms with Gasteiger partial charge in [0.05, 0.1) is 11.1 Å². The molecule has 1 unspecified atom stereocenters. The van der Waals surface area contributed by atoms with E-state index in [0.29, 0.717) is 12.2 Å². The van der Waals surface area contributed by atoms with E-state index in [1.54, 1.807) is 0 Å². The Morgan fingerprint density at radius 2 is 1.43 bits per heavy atom. The first-order valence-corrected chi connectivity index (χ1v) is 5.36. The molecule has 1 aromatic carbocycles. The summed E-state index contributed by atoms with van der Waals surface area (Å²) in [5.74, 6) is -15.8. The second-order valence-electron chi connectivity index (χ2n) is 4.23. The van der Waals surface area contributed by atoms with Gasteiger partial charge in [0, 0.05) is 0 Å². The summed E-state index contributed by atoms with van der Waals surface area (Å²) in [4.78, 5) is 0. The minimum absolute atomic E-state index is 0.476. The third kappa shape index (κ3) is 2.05. The number of hydrogen-bond acceptors (Lipinski definition) is 4. The molecule has 0 heterocycles. The summed E-state index contributed by atoms with van der Waals surface area (Å²) >= 11 is 0. The van der Waals surface area contributed by atoms with E-state index in [0.717, 1.165) is 0 Å². The van der Waals surface area contributed by atoms with Gasteiger partial charge in [0.25, 0.3) is 0 Å². The minimum atomic E-state index is -3.59. The first-order valence-electron chi connectivity index (χ1n) is 5.36. The van der Waals surface area contributed by atoms with E-state index in [1.807, 2.05) is 0 Å². The number of aromatic hydroxyl groups is 1. The summed E-state index contributed by atoms with van der Waals surface area (Å²) in [5, 5.41) is 37.8. The summed E-state index contributed by atoms with van der Waals surface area (Å²) in [7, 11) is 0. The van der Waals surface area contributed by atoms with E-state index in [4.69, 9.17) is 0 Å². The molecule has 1 aliphatic carbocycles. The average Bonchev–Trinajstić information content (AvgIpc) is 2.42. The number of phenolic OH excluding ortho intramolecular Hbond substituents is 1. The zero-order valence-electron chi connectivity index (χ0n) is 9.91. The minimum Gasteiger partial charge on any atom is -0.507 e. The maximum absolute atomic E-state index is 13.7. The van der Waals surface area contributed by atoms with Crippen molar-refractivity contribution >= 4 is 5.57 Å². The van der Waals surface area contributed by atoms with Crippen molar-refractivity contribution in [2.24, 2.45) is 0 Å². The molecule has 0 aromatic heterocycles. The zero-order chi connectivity index (χ0) is 16.1. The molecule has 1 atom stereocenters. The molecule has 21 heavy (non-hydrogen) atoms. The average molecular weight is 310 g/mol. The predicted molar refractivity (Wildman–Crippen MR) is 58.7 cm³/mol. The van der Waals surface area contributed by atoms with Crippen molar-refractivity contribution in [3.05, 3.63) is 46.7 Å². The number of hydrogen-bond donors (Lipinski definition) is 4. The van der Waals surface area contributed by atoms with Crippen molar-refractivity contribution in [2.75, 3.05) is 0 Å². The van der Waals surface area contributed by atoms with Crippen LogP contribution in [0.2, 0.25) is 0 Å². The van der Waals surface area contributed by atoms with E-state index in [2.05, 4.69) is 0 Å². The lowest BCUT2D eigenvalue weighted by molar-refractivity contribution is -0.146. The lowest BCUT2D eigenvalue weighted by atomic mass is 9.88. The Labute approximate surface area is 113 Å². The van der Waals surface area contributed by atoms with E-state index in [1.165, 1.54) is 0 Å². The van der Waals surface area contributed by atoms with Crippen LogP contribution >= 0.6 is 0 Å². The molecular formula is C12H7F5O4. The van der Waals surface area contributed by atoms with Crippen molar-refractivity contribution in [1.82, 2.24) is 0 Å². The molecule has 0 fully saturated rings. The first-order chi connectivity index (χ1) is 9.60. The summed E-state index contributed by atoms with van der Waals surface area (Å²) in [6, 6.07) is 0. The largest absolute Gasteiger partial charge is 0.507 e. The van der Waals surface area contributed by atoms with Crippen molar-refractivity contribution in [2.45, 2.75) is 12.0 Å². The number of phenols is 1. The smallest absolute Gasteiger partial charge is 0.230 e. The first kappa shape index (κ1) is 15.3. The Bertz CT molecular complexity index is 652. The van der Waals surface area contributed by atoms with Crippen LogP contribution in [0.3, 0.4) is 0 Å². The SMILES string of the molecule is OC1=C(c2c(O)c(F)c(F)c(F)c2F)C(O)(O)C(F)C=C1. The zero-order valence-corrected chi connectivity index (χ0v) is 9.91. The van der Waals surface area contributed by atoms with Crippen LogP contribution in [-0.2, 0) is 0 Å². The van der Waals surface area contributed by atoms with Crippen molar-refractivity contribution < 1.29 is 42.4 Å². The summed E-state index contributed by atoms with van der Waals surface area (Å²) in [6.07, 6.45) is -1.56. The second kappa shape index (κ2) is 4.71. The van der Waals surface area contributed by atoms with Crippen LogP contribution in [0.1, 0.15) is 5.56 Å². The highest BCUT2D eigenvalue weighted by Gasteiger charge is 2.46. The van der Waals surface area contributed by atoms with Crippen LogP contribution < -0.4 is 0 Å². The number of benzene rings is 1. The highest BCUT2D eigenvalue weighted by atomic mass is 19.2. The Morgan fingerprint density at radius 1 is 0.905 bits per heavy atom. The van der Waals surface area contributed by atoms with Gasteiger partial charge in [-0.2, -0.15) is 4.39 Å². The van der Waals surface area contributed by atoms with Gasteiger partial charge in [0.15, 0.2) is 23.6 Å². The molecule has 0 amide bonds. The van der Waals surface area contributed by atoms with Crippen molar-refractivity contribution in [1.29, 1.82) is 0 Å². The lowest BCUT2D eigenvalue weighted by Gasteiger charge is -2.30. The Hall–Kier alpha value is -2.13. The summed E-state index contributed by atoms with van der Waals surface area (Å²) in [5.41, 5.74) is -3.04. The number of aliphatic hydroxyl groups excluding tert-OH is 1.